The Kier molecular flexibility index (Phi) is 6.43. The number of aryl methyl sites for hydroxylation is 1. The minimum absolute atomic E-state index is 0.346. The van der Waals surface area contributed by atoms with Crippen LogP contribution in [0.15, 0.2) is 17.2 Å². The van der Waals surface area contributed by atoms with Crippen LogP contribution in [0.2, 0.25) is 0 Å². The van der Waals surface area contributed by atoms with Crippen LogP contribution in [0.3, 0.4) is 0 Å². The van der Waals surface area contributed by atoms with Crippen molar-refractivity contribution in [2.45, 2.75) is 71.0 Å². The molecule has 1 aromatic rings. The number of rotatable bonds is 9. The summed E-state index contributed by atoms with van der Waals surface area (Å²) in [6, 6.07) is 1.76. The topological polar surface area (TPSA) is 63.1 Å². The summed E-state index contributed by atoms with van der Waals surface area (Å²) >= 11 is 0. The third-order valence-electron chi connectivity index (χ3n) is 3.64. The summed E-state index contributed by atoms with van der Waals surface area (Å²) in [4.78, 5) is 0.346. The van der Waals surface area contributed by atoms with E-state index in [9.17, 15) is 8.42 Å². The van der Waals surface area contributed by atoms with E-state index in [1.807, 2.05) is 32.3 Å². The van der Waals surface area contributed by atoms with Gasteiger partial charge in [0.15, 0.2) is 0 Å². The molecule has 1 rings (SSSR count). The van der Waals surface area contributed by atoms with E-state index in [0.29, 0.717) is 11.4 Å². The molecule has 2 N–H and O–H groups in total. The van der Waals surface area contributed by atoms with Crippen LogP contribution in [0.4, 0.5) is 0 Å². The Morgan fingerprint density at radius 3 is 2.43 bits per heavy atom. The molecule has 0 fully saturated rings. The molecule has 5 nitrogen and oxygen atoms in total. The van der Waals surface area contributed by atoms with Gasteiger partial charge in [0.1, 0.15) is 0 Å². The molecule has 0 atom stereocenters. The Labute approximate surface area is 129 Å². The van der Waals surface area contributed by atoms with Crippen LogP contribution in [0.1, 0.15) is 53.2 Å². The standard InChI is InChI=1S/C15H29N3O2S/c1-6-9-16-11-13-10-14(12-18(13)8-3)21(19,20)17-15(4,5)7-2/h10,12,16-17H,6-9,11H2,1-5H3. The summed E-state index contributed by atoms with van der Waals surface area (Å²) in [5.74, 6) is 0. The normalized spacial score (nSPS) is 12.8. The second-order valence-electron chi connectivity index (χ2n) is 5.97. The molecule has 0 bridgehead atoms. The van der Waals surface area contributed by atoms with Crippen molar-refractivity contribution in [2.24, 2.45) is 0 Å². The van der Waals surface area contributed by atoms with Crippen molar-refractivity contribution in [3.63, 3.8) is 0 Å². The van der Waals surface area contributed by atoms with Crippen LogP contribution in [0.25, 0.3) is 0 Å². The van der Waals surface area contributed by atoms with Gasteiger partial charge < -0.3 is 9.88 Å². The van der Waals surface area contributed by atoms with Crippen molar-refractivity contribution in [1.82, 2.24) is 14.6 Å². The molecule has 21 heavy (non-hydrogen) atoms. The van der Waals surface area contributed by atoms with Crippen LogP contribution >= 0.6 is 0 Å². The van der Waals surface area contributed by atoms with Crippen LogP contribution in [0.5, 0.6) is 0 Å². The molecule has 0 saturated heterocycles. The van der Waals surface area contributed by atoms with E-state index in [-0.39, 0.29) is 0 Å². The number of aromatic nitrogens is 1. The molecule has 0 unspecified atom stereocenters. The monoisotopic (exact) mass is 315 g/mol. The lowest BCUT2D eigenvalue weighted by Crippen LogP contribution is -2.42. The van der Waals surface area contributed by atoms with Gasteiger partial charge in [-0.3, -0.25) is 0 Å². The fourth-order valence-corrected chi connectivity index (χ4v) is 3.55. The van der Waals surface area contributed by atoms with E-state index in [1.54, 1.807) is 12.3 Å². The van der Waals surface area contributed by atoms with Gasteiger partial charge in [-0.15, -0.1) is 0 Å². The van der Waals surface area contributed by atoms with Gasteiger partial charge in [-0.1, -0.05) is 13.8 Å². The minimum atomic E-state index is -3.47. The number of hydrogen-bond donors (Lipinski definition) is 2. The molecular weight excluding hydrogens is 286 g/mol. The van der Waals surface area contributed by atoms with E-state index in [4.69, 9.17) is 0 Å². The molecule has 0 amide bonds. The first-order valence-corrected chi connectivity index (χ1v) is 9.17. The zero-order chi connectivity index (χ0) is 16.1. The number of hydrogen-bond acceptors (Lipinski definition) is 3. The predicted octanol–water partition coefficient (Wildman–Crippen LogP) is 2.47. The zero-order valence-corrected chi connectivity index (χ0v) is 14.7. The predicted molar refractivity (Wildman–Crippen MR) is 86.8 cm³/mol. The molecular formula is C15H29N3O2S. The molecule has 1 aromatic heterocycles. The highest BCUT2D eigenvalue weighted by atomic mass is 32.2. The summed E-state index contributed by atoms with van der Waals surface area (Å²) < 4.78 is 29.7. The number of sulfonamides is 1. The van der Waals surface area contributed by atoms with Gasteiger partial charge in [0.2, 0.25) is 10.0 Å². The van der Waals surface area contributed by atoms with E-state index >= 15 is 0 Å². The smallest absolute Gasteiger partial charge is 0.242 e. The van der Waals surface area contributed by atoms with E-state index in [0.717, 1.165) is 31.6 Å². The fourth-order valence-electron chi connectivity index (χ4n) is 2.00. The fraction of sp³-hybridized carbons (Fsp3) is 0.733. The molecule has 0 radical (unpaired) electrons. The highest BCUT2D eigenvalue weighted by Crippen LogP contribution is 2.18. The summed E-state index contributed by atoms with van der Waals surface area (Å²) in [7, 11) is -3.47. The lowest BCUT2D eigenvalue weighted by molar-refractivity contribution is 0.439. The van der Waals surface area contributed by atoms with Crippen molar-refractivity contribution in [2.75, 3.05) is 6.54 Å². The molecule has 0 spiro atoms. The maximum atomic E-state index is 12.5. The highest BCUT2D eigenvalue weighted by Gasteiger charge is 2.26. The van der Waals surface area contributed by atoms with Crippen LogP contribution in [-0.2, 0) is 23.1 Å². The Morgan fingerprint density at radius 1 is 1.24 bits per heavy atom. The first kappa shape index (κ1) is 18.2. The van der Waals surface area contributed by atoms with Crippen molar-refractivity contribution < 1.29 is 8.42 Å². The Morgan fingerprint density at radius 2 is 1.90 bits per heavy atom. The quantitative estimate of drug-likeness (QED) is 0.688. The molecule has 0 aromatic carbocycles. The van der Waals surface area contributed by atoms with E-state index in [2.05, 4.69) is 17.0 Å². The molecule has 0 saturated carbocycles. The summed E-state index contributed by atoms with van der Waals surface area (Å²) in [6.07, 6.45) is 3.52. The molecule has 0 aliphatic carbocycles. The lowest BCUT2D eigenvalue weighted by atomic mass is 10.0. The van der Waals surface area contributed by atoms with Crippen molar-refractivity contribution in [3.8, 4) is 0 Å². The van der Waals surface area contributed by atoms with Crippen LogP contribution < -0.4 is 10.0 Å². The maximum Gasteiger partial charge on any atom is 0.242 e. The SMILES string of the molecule is CCCNCc1cc(S(=O)(=O)NC(C)(C)CC)cn1CC. The molecule has 6 heteroatoms. The van der Waals surface area contributed by atoms with E-state index in [1.165, 1.54) is 0 Å². The van der Waals surface area contributed by atoms with Gasteiger partial charge in [-0.2, -0.15) is 0 Å². The third kappa shape index (κ3) is 5.13. The van der Waals surface area contributed by atoms with E-state index < -0.39 is 15.6 Å². The van der Waals surface area contributed by atoms with Crippen molar-refractivity contribution >= 4 is 10.0 Å². The number of nitrogens with zero attached hydrogens (tertiary/aromatic N) is 1. The van der Waals surface area contributed by atoms with Gasteiger partial charge >= 0.3 is 0 Å². The Balaban J connectivity index is 2.97. The van der Waals surface area contributed by atoms with Gasteiger partial charge in [0.05, 0.1) is 4.90 Å². The maximum absolute atomic E-state index is 12.5. The summed E-state index contributed by atoms with van der Waals surface area (Å²) in [5.41, 5.74) is 0.564. The summed E-state index contributed by atoms with van der Waals surface area (Å²) in [5, 5.41) is 3.31. The average Bonchev–Trinajstić information content (AvgIpc) is 2.82. The van der Waals surface area contributed by atoms with Crippen molar-refractivity contribution in [3.05, 3.63) is 18.0 Å². The summed E-state index contributed by atoms with van der Waals surface area (Å²) in [6.45, 7) is 12.3. The first-order valence-electron chi connectivity index (χ1n) is 7.69. The molecule has 0 aliphatic heterocycles. The van der Waals surface area contributed by atoms with Gasteiger partial charge in [0, 0.05) is 30.5 Å². The Bertz CT molecular complexity index is 547. The Hall–Kier alpha value is -0.850. The second kappa shape index (κ2) is 7.42. The zero-order valence-electron chi connectivity index (χ0n) is 13.9. The molecule has 0 aliphatic rings. The largest absolute Gasteiger partial charge is 0.349 e. The van der Waals surface area contributed by atoms with Gasteiger partial charge in [-0.05, 0) is 46.2 Å². The van der Waals surface area contributed by atoms with Crippen molar-refractivity contribution in [1.29, 1.82) is 0 Å². The number of nitrogens with one attached hydrogen (secondary N) is 2. The van der Waals surface area contributed by atoms with Crippen LogP contribution in [0, 0.1) is 0 Å². The lowest BCUT2D eigenvalue weighted by Gasteiger charge is -2.23. The molecule has 122 valence electrons. The highest BCUT2D eigenvalue weighted by molar-refractivity contribution is 7.89. The van der Waals surface area contributed by atoms with Gasteiger partial charge in [-0.25, -0.2) is 13.1 Å². The second-order valence-corrected chi connectivity index (χ2v) is 7.66. The average molecular weight is 315 g/mol. The van der Waals surface area contributed by atoms with Gasteiger partial charge in [0.25, 0.3) is 0 Å². The minimum Gasteiger partial charge on any atom is -0.349 e. The third-order valence-corrected chi connectivity index (χ3v) is 5.30. The van der Waals surface area contributed by atoms with Crippen LogP contribution in [-0.4, -0.2) is 25.1 Å². The first-order chi connectivity index (χ1) is 9.75. The molecule has 1 heterocycles.